The molecule has 1 fully saturated rings. The number of anilines is 3. The van der Waals surface area contributed by atoms with E-state index in [0.717, 1.165) is 38.3 Å². The van der Waals surface area contributed by atoms with Gasteiger partial charge in [-0.1, -0.05) is 6.07 Å². The van der Waals surface area contributed by atoms with Crippen LogP contribution in [0, 0.1) is 0 Å². The molecule has 3 aromatic carbocycles. The minimum atomic E-state index is -0.352. The fraction of sp³-hybridized carbons (Fsp3) is 0.310. The van der Waals surface area contributed by atoms with Crippen molar-refractivity contribution in [2.45, 2.75) is 6.42 Å². The molecule has 9 nitrogen and oxygen atoms in total. The van der Waals surface area contributed by atoms with Crippen molar-refractivity contribution in [2.75, 3.05) is 69.1 Å². The van der Waals surface area contributed by atoms with E-state index in [-0.39, 0.29) is 25.0 Å². The summed E-state index contributed by atoms with van der Waals surface area (Å²) in [5.41, 5.74) is 2.67. The van der Waals surface area contributed by atoms with Crippen molar-refractivity contribution < 1.29 is 24.2 Å². The van der Waals surface area contributed by atoms with E-state index < -0.39 is 0 Å². The van der Waals surface area contributed by atoms with E-state index in [4.69, 9.17) is 9.47 Å². The number of rotatable bonds is 9. The Morgan fingerprint density at radius 3 is 2.24 bits per heavy atom. The van der Waals surface area contributed by atoms with Gasteiger partial charge < -0.3 is 35.0 Å². The summed E-state index contributed by atoms with van der Waals surface area (Å²) in [6.45, 7) is 3.84. The molecule has 0 aliphatic carbocycles. The van der Waals surface area contributed by atoms with Gasteiger partial charge in [0.25, 0.3) is 11.8 Å². The molecule has 4 rings (SSSR count). The second kappa shape index (κ2) is 12.9. The second-order valence-corrected chi connectivity index (χ2v) is 9.08. The maximum Gasteiger partial charge on any atom is 0.255 e. The predicted octanol–water partition coefficient (Wildman–Crippen LogP) is 3.71. The number of aliphatic hydroxyl groups excluding tert-OH is 1. The van der Waals surface area contributed by atoms with Crippen molar-refractivity contribution in [1.82, 2.24) is 4.90 Å². The van der Waals surface area contributed by atoms with Crippen LogP contribution in [0.4, 0.5) is 17.1 Å². The summed E-state index contributed by atoms with van der Waals surface area (Å²) in [7, 11) is 3.69. The molecular formula is C29H34N4O5. The number of nitrogens with zero attached hydrogens (tertiary/aromatic N) is 2. The molecule has 0 bridgehead atoms. The van der Waals surface area contributed by atoms with Gasteiger partial charge in [-0.05, 0) is 80.7 Å². The number of benzene rings is 3. The van der Waals surface area contributed by atoms with Crippen molar-refractivity contribution in [3.8, 4) is 11.5 Å². The average molecular weight is 519 g/mol. The van der Waals surface area contributed by atoms with Gasteiger partial charge in [0.1, 0.15) is 23.8 Å². The van der Waals surface area contributed by atoms with Gasteiger partial charge in [0, 0.05) is 36.4 Å². The maximum atomic E-state index is 13.2. The Kier molecular flexibility index (Phi) is 9.18. The normalized spacial score (nSPS) is 13.9. The predicted molar refractivity (Wildman–Crippen MR) is 149 cm³/mol. The van der Waals surface area contributed by atoms with Gasteiger partial charge in [0.15, 0.2) is 0 Å². The van der Waals surface area contributed by atoms with Crippen LogP contribution in [0.5, 0.6) is 11.5 Å². The molecule has 9 heteroatoms. The third-order valence-corrected chi connectivity index (χ3v) is 6.43. The van der Waals surface area contributed by atoms with Gasteiger partial charge in [0.05, 0.1) is 19.4 Å². The number of carbonyl (C=O) groups excluding carboxylic acids is 2. The summed E-state index contributed by atoms with van der Waals surface area (Å²) >= 11 is 0. The monoisotopic (exact) mass is 518 g/mol. The number of methoxy groups -OCH3 is 1. The first-order valence-electron chi connectivity index (χ1n) is 12.7. The quantitative estimate of drug-likeness (QED) is 0.397. The number of amides is 2. The summed E-state index contributed by atoms with van der Waals surface area (Å²) in [5, 5.41) is 15.0. The first-order valence-corrected chi connectivity index (χ1v) is 12.7. The Hall–Kier alpha value is -4.08. The zero-order valence-corrected chi connectivity index (χ0v) is 21.8. The van der Waals surface area contributed by atoms with Crippen molar-refractivity contribution >= 4 is 28.9 Å². The minimum absolute atomic E-state index is 0.0401. The lowest BCUT2D eigenvalue weighted by molar-refractivity contribution is 0.101. The van der Waals surface area contributed by atoms with Crippen molar-refractivity contribution in [3.05, 3.63) is 77.9 Å². The Morgan fingerprint density at radius 1 is 0.868 bits per heavy atom. The molecule has 0 unspecified atom stereocenters. The van der Waals surface area contributed by atoms with Gasteiger partial charge >= 0.3 is 0 Å². The van der Waals surface area contributed by atoms with Crippen LogP contribution in [0.1, 0.15) is 27.1 Å². The van der Waals surface area contributed by atoms with Crippen molar-refractivity contribution in [3.63, 3.8) is 0 Å². The van der Waals surface area contributed by atoms with Gasteiger partial charge in [-0.25, -0.2) is 0 Å². The molecule has 3 N–H and O–H groups in total. The van der Waals surface area contributed by atoms with Crippen molar-refractivity contribution in [2.24, 2.45) is 0 Å². The highest BCUT2D eigenvalue weighted by molar-refractivity contribution is 6.11. The highest BCUT2D eigenvalue weighted by Gasteiger charge is 2.18. The molecular weight excluding hydrogens is 484 g/mol. The molecule has 0 radical (unpaired) electrons. The number of carbonyl (C=O) groups is 2. The molecule has 0 spiro atoms. The second-order valence-electron chi connectivity index (χ2n) is 9.08. The first-order chi connectivity index (χ1) is 18.5. The number of ether oxygens (including phenoxy) is 2. The zero-order valence-electron chi connectivity index (χ0n) is 21.8. The van der Waals surface area contributed by atoms with E-state index in [1.54, 1.807) is 61.7 Å². The van der Waals surface area contributed by atoms with E-state index in [2.05, 4.69) is 27.5 Å². The van der Waals surface area contributed by atoms with Crippen LogP contribution in [-0.2, 0) is 0 Å². The molecule has 200 valence electrons. The molecule has 38 heavy (non-hydrogen) atoms. The number of likely N-dealkylation sites (N-methyl/N-ethyl adjacent to an activating group) is 1. The van der Waals surface area contributed by atoms with Crippen molar-refractivity contribution in [1.29, 1.82) is 0 Å². The van der Waals surface area contributed by atoms with Gasteiger partial charge in [0.2, 0.25) is 0 Å². The molecule has 1 aliphatic heterocycles. The Labute approximate surface area is 223 Å². The molecule has 1 saturated heterocycles. The zero-order chi connectivity index (χ0) is 26.9. The fourth-order valence-electron chi connectivity index (χ4n) is 4.29. The summed E-state index contributed by atoms with van der Waals surface area (Å²) in [4.78, 5) is 30.8. The van der Waals surface area contributed by atoms with Crippen LogP contribution in [0.2, 0.25) is 0 Å². The summed E-state index contributed by atoms with van der Waals surface area (Å²) in [6, 6.07) is 19.3. The SMILES string of the molecule is COc1ccc(C(=O)Nc2cccc(OCCO)c2NC(=O)c2ccc(N3CCCN(C)CC3)cc2)cc1. The Balaban J connectivity index is 1.52. The molecule has 1 aliphatic rings. The van der Waals surface area contributed by atoms with Crippen LogP contribution in [-0.4, -0.2) is 75.4 Å². The lowest BCUT2D eigenvalue weighted by atomic mass is 10.1. The van der Waals surface area contributed by atoms with Crippen LogP contribution in [0.25, 0.3) is 0 Å². The van der Waals surface area contributed by atoms with E-state index in [9.17, 15) is 14.7 Å². The van der Waals surface area contributed by atoms with Crippen LogP contribution in [0.15, 0.2) is 66.7 Å². The number of aliphatic hydroxyl groups is 1. The summed E-state index contributed by atoms with van der Waals surface area (Å²) < 4.78 is 10.8. The highest BCUT2D eigenvalue weighted by atomic mass is 16.5. The number of hydrogen-bond donors (Lipinski definition) is 3. The van der Waals surface area contributed by atoms with E-state index >= 15 is 0 Å². The van der Waals surface area contributed by atoms with Gasteiger partial charge in [-0.3, -0.25) is 9.59 Å². The van der Waals surface area contributed by atoms with Crippen LogP contribution < -0.4 is 25.0 Å². The fourth-order valence-corrected chi connectivity index (χ4v) is 4.29. The average Bonchev–Trinajstić information content (AvgIpc) is 3.17. The molecule has 0 aromatic heterocycles. The molecule has 2 amide bonds. The van der Waals surface area contributed by atoms with Crippen LogP contribution in [0.3, 0.4) is 0 Å². The molecule has 0 saturated carbocycles. The largest absolute Gasteiger partial charge is 0.497 e. The first kappa shape index (κ1) is 27.0. The molecule has 3 aromatic rings. The van der Waals surface area contributed by atoms with E-state index in [1.807, 2.05) is 12.1 Å². The third-order valence-electron chi connectivity index (χ3n) is 6.43. The summed E-state index contributed by atoms with van der Waals surface area (Å²) in [6.07, 6.45) is 1.09. The van der Waals surface area contributed by atoms with E-state index in [1.165, 1.54) is 0 Å². The van der Waals surface area contributed by atoms with Gasteiger partial charge in [-0.15, -0.1) is 0 Å². The Morgan fingerprint density at radius 2 is 1.55 bits per heavy atom. The molecule has 0 atom stereocenters. The lowest BCUT2D eigenvalue weighted by Gasteiger charge is -2.23. The summed E-state index contributed by atoms with van der Waals surface area (Å²) in [5.74, 6) is 0.287. The number of hydrogen-bond acceptors (Lipinski definition) is 7. The smallest absolute Gasteiger partial charge is 0.255 e. The molecule has 1 heterocycles. The van der Waals surface area contributed by atoms with E-state index in [0.29, 0.717) is 34.0 Å². The topological polar surface area (TPSA) is 103 Å². The van der Waals surface area contributed by atoms with Crippen LogP contribution >= 0.6 is 0 Å². The Bertz CT molecular complexity index is 1230. The number of para-hydroxylation sites is 1. The number of nitrogens with one attached hydrogen (secondary N) is 2. The van der Waals surface area contributed by atoms with Gasteiger partial charge in [-0.2, -0.15) is 0 Å². The maximum absolute atomic E-state index is 13.2. The standard InChI is InChI=1S/C29H34N4O5/c1-32-15-4-16-33(18-17-32)23-11-7-21(8-12-23)29(36)31-27-25(5-3-6-26(27)38-20-19-34)30-28(35)22-9-13-24(37-2)14-10-22/h3,5-14,34H,4,15-20H2,1-2H3,(H,30,35)(H,31,36). The minimum Gasteiger partial charge on any atom is -0.497 e. The highest BCUT2D eigenvalue weighted by Crippen LogP contribution is 2.34. The lowest BCUT2D eigenvalue weighted by Crippen LogP contribution is -2.28. The third kappa shape index (κ3) is 6.81.